The SMILES string of the molecule is CC#CC(=O)Nc1ccc2c(c1)OCO2. The molecule has 1 aliphatic rings. The van der Waals surface area contributed by atoms with E-state index >= 15 is 0 Å². The highest BCUT2D eigenvalue weighted by atomic mass is 16.7. The van der Waals surface area contributed by atoms with Crippen LogP contribution in [0.2, 0.25) is 0 Å². The fourth-order valence-corrected chi connectivity index (χ4v) is 1.25. The number of hydrogen-bond donors (Lipinski definition) is 1. The van der Waals surface area contributed by atoms with Crippen LogP contribution < -0.4 is 14.8 Å². The molecule has 0 aromatic heterocycles. The fraction of sp³-hybridized carbons (Fsp3) is 0.182. The molecule has 1 heterocycles. The summed E-state index contributed by atoms with van der Waals surface area (Å²) in [5.41, 5.74) is 0.645. The summed E-state index contributed by atoms with van der Waals surface area (Å²) in [5, 5.41) is 2.62. The van der Waals surface area contributed by atoms with E-state index < -0.39 is 0 Å². The van der Waals surface area contributed by atoms with Gasteiger partial charge in [-0.25, -0.2) is 0 Å². The fourth-order valence-electron chi connectivity index (χ4n) is 1.25. The minimum absolute atomic E-state index is 0.224. The summed E-state index contributed by atoms with van der Waals surface area (Å²) in [6.45, 7) is 1.83. The van der Waals surface area contributed by atoms with Crippen molar-refractivity contribution in [1.29, 1.82) is 0 Å². The summed E-state index contributed by atoms with van der Waals surface area (Å²) in [5.74, 6) is 5.90. The molecule has 0 radical (unpaired) electrons. The number of hydrogen-bond acceptors (Lipinski definition) is 3. The largest absolute Gasteiger partial charge is 0.454 e. The molecule has 0 aliphatic carbocycles. The van der Waals surface area contributed by atoms with Gasteiger partial charge in [0, 0.05) is 11.8 Å². The number of carbonyl (C=O) groups is 1. The van der Waals surface area contributed by atoms with E-state index in [2.05, 4.69) is 17.2 Å². The van der Waals surface area contributed by atoms with Gasteiger partial charge in [0.05, 0.1) is 0 Å². The number of ether oxygens (including phenoxy) is 2. The van der Waals surface area contributed by atoms with Crippen LogP contribution in [-0.2, 0) is 4.79 Å². The van der Waals surface area contributed by atoms with Crippen LogP contribution >= 0.6 is 0 Å². The molecule has 1 aliphatic heterocycles. The average Bonchev–Trinajstić information content (AvgIpc) is 2.65. The van der Waals surface area contributed by atoms with E-state index in [1.165, 1.54) is 0 Å². The zero-order chi connectivity index (χ0) is 10.7. The topological polar surface area (TPSA) is 47.6 Å². The molecule has 0 unspecified atom stereocenters. The molecule has 4 nitrogen and oxygen atoms in total. The average molecular weight is 203 g/mol. The first-order valence-corrected chi connectivity index (χ1v) is 4.43. The van der Waals surface area contributed by atoms with Crippen molar-refractivity contribution >= 4 is 11.6 Å². The van der Waals surface area contributed by atoms with Crippen molar-refractivity contribution in [2.75, 3.05) is 12.1 Å². The normalized spacial score (nSPS) is 11.5. The van der Waals surface area contributed by atoms with Gasteiger partial charge in [-0.2, -0.15) is 0 Å². The number of rotatable bonds is 1. The van der Waals surface area contributed by atoms with Crippen molar-refractivity contribution in [2.45, 2.75) is 6.92 Å². The first-order chi connectivity index (χ1) is 7.29. The van der Waals surface area contributed by atoms with E-state index in [0.29, 0.717) is 17.2 Å². The van der Waals surface area contributed by atoms with Gasteiger partial charge in [0.1, 0.15) is 0 Å². The molecule has 0 spiro atoms. The lowest BCUT2D eigenvalue weighted by molar-refractivity contribution is -0.111. The molecule has 76 valence electrons. The molecule has 0 atom stereocenters. The lowest BCUT2D eigenvalue weighted by Gasteiger charge is -2.01. The molecule has 4 heteroatoms. The molecule has 1 amide bonds. The first kappa shape index (κ1) is 9.41. The van der Waals surface area contributed by atoms with Gasteiger partial charge in [-0.15, -0.1) is 0 Å². The lowest BCUT2D eigenvalue weighted by Crippen LogP contribution is -2.07. The van der Waals surface area contributed by atoms with Gasteiger partial charge in [-0.1, -0.05) is 5.92 Å². The maximum atomic E-state index is 11.2. The predicted molar refractivity (Wildman–Crippen MR) is 54.6 cm³/mol. The van der Waals surface area contributed by atoms with Crippen LogP contribution in [0.25, 0.3) is 0 Å². The number of fused-ring (bicyclic) bond motifs is 1. The quantitative estimate of drug-likeness (QED) is 0.701. The minimum Gasteiger partial charge on any atom is -0.454 e. The molecule has 0 saturated heterocycles. The summed E-state index contributed by atoms with van der Waals surface area (Å²) in [7, 11) is 0. The van der Waals surface area contributed by atoms with Crippen LogP contribution in [0.15, 0.2) is 18.2 Å². The van der Waals surface area contributed by atoms with Crippen LogP contribution in [0.4, 0.5) is 5.69 Å². The van der Waals surface area contributed by atoms with Crippen molar-refractivity contribution in [3.8, 4) is 23.3 Å². The Hall–Kier alpha value is -2.15. The third kappa shape index (κ3) is 2.02. The van der Waals surface area contributed by atoms with E-state index in [4.69, 9.17) is 9.47 Å². The summed E-state index contributed by atoms with van der Waals surface area (Å²) in [6.07, 6.45) is 0. The van der Waals surface area contributed by atoms with Crippen LogP contribution in [0, 0.1) is 11.8 Å². The Morgan fingerprint density at radius 2 is 2.20 bits per heavy atom. The molecular weight excluding hydrogens is 194 g/mol. The van der Waals surface area contributed by atoms with Gasteiger partial charge in [0.15, 0.2) is 11.5 Å². The number of carbonyl (C=O) groups excluding carboxylic acids is 1. The molecule has 1 aromatic carbocycles. The highest BCUT2D eigenvalue weighted by Gasteiger charge is 2.13. The van der Waals surface area contributed by atoms with E-state index in [1.807, 2.05) is 0 Å². The standard InChI is InChI=1S/C11H9NO3/c1-2-3-11(13)12-8-4-5-9-10(6-8)15-7-14-9/h4-6H,7H2,1H3,(H,12,13). The van der Waals surface area contributed by atoms with Gasteiger partial charge in [-0.3, -0.25) is 4.79 Å². The first-order valence-electron chi connectivity index (χ1n) is 4.43. The van der Waals surface area contributed by atoms with E-state index in [0.717, 1.165) is 0 Å². The second-order valence-electron chi connectivity index (χ2n) is 2.90. The van der Waals surface area contributed by atoms with Gasteiger partial charge in [0.25, 0.3) is 5.91 Å². The smallest absolute Gasteiger partial charge is 0.300 e. The second kappa shape index (κ2) is 3.93. The molecule has 1 N–H and O–H groups in total. The molecule has 1 aromatic rings. The Morgan fingerprint density at radius 1 is 1.40 bits per heavy atom. The number of anilines is 1. The van der Waals surface area contributed by atoms with Crippen molar-refractivity contribution in [1.82, 2.24) is 0 Å². The van der Waals surface area contributed by atoms with E-state index in [9.17, 15) is 4.79 Å². The third-order valence-electron chi connectivity index (χ3n) is 1.87. The number of benzene rings is 1. The zero-order valence-electron chi connectivity index (χ0n) is 8.16. The maximum absolute atomic E-state index is 11.2. The second-order valence-corrected chi connectivity index (χ2v) is 2.90. The van der Waals surface area contributed by atoms with Crippen molar-refractivity contribution in [3.05, 3.63) is 18.2 Å². The van der Waals surface area contributed by atoms with Crippen LogP contribution in [0.1, 0.15) is 6.92 Å². The molecule has 0 saturated carbocycles. The summed E-state index contributed by atoms with van der Waals surface area (Å²) < 4.78 is 10.3. The highest BCUT2D eigenvalue weighted by molar-refractivity contribution is 6.04. The predicted octanol–water partition coefficient (Wildman–Crippen LogP) is 1.38. The van der Waals surface area contributed by atoms with Gasteiger partial charge in [0.2, 0.25) is 6.79 Å². The van der Waals surface area contributed by atoms with Gasteiger partial charge >= 0.3 is 0 Å². The van der Waals surface area contributed by atoms with Crippen molar-refractivity contribution in [3.63, 3.8) is 0 Å². The zero-order valence-corrected chi connectivity index (χ0v) is 8.16. The lowest BCUT2D eigenvalue weighted by atomic mass is 10.3. The Labute approximate surface area is 87.2 Å². The van der Waals surface area contributed by atoms with E-state index in [-0.39, 0.29) is 12.7 Å². The van der Waals surface area contributed by atoms with Gasteiger partial charge in [-0.05, 0) is 25.0 Å². The highest BCUT2D eigenvalue weighted by Crippen LogP contribution is 2.34. The molecule has 15 heavy (non-hydrogen) atoms. The molecule has 0 fully saturated rings. The van der Waals surface area contributed by atoms with Crippen LogP contribution in [0.5, 0.6) is 11.5 Å². The monoisotopic (exact) mass is 203 g/mol. The Balaban J connectivity index is 2.15. The van der Waals surface area contributed by atoms with Crippen LogP contribution in [-0.4, -0.2) is 12.7 Å². The Bertz CT molecular complexity index is 457. The maximum Gasteiger partial charge on any atom is 0.300 e. The van der Waals surface area contributed by atoms with Crippen LogP contribution in [0.3, 0.4) is 0 Å². The third-order valence-corrected chi connectivity index (χ3v) is 1.87. The molecule has 2 rings (SSSR count). The molecular formula is C11H9NO3. The van der Waals surface area contributed by atoms with Gasteiger partial charge < -0.3 is 14.8 Å². The number of nitrogens with one attached hydrogen (secondary N) is 1. The molecule has 0 bridgehead atoms. The summed E-state index contributed by atoms with van der Waals surface area (Å²) in [6, 6.07) is 5.19. The summed E-state index contributed by atoms with van der Waals surface area (Å²) in [4.78, 5) is 11.2. The summed E-state index contributed by atoms with van der Waals surface area (Å²) >= 11 is 0. The van der Waals surface area contributed by atoms with E-state index in [1.54, 1.807) is 25.1 Å². The Morgan fingerprint density at radius 3 is 3.00 bits per heavy atom. The van der Waals surface area contributed by atoms with Crippen molar-refractivity contribution in [2.24, 2.45) is 0 Å². The number of amides is 1. The minimum atomic E-state index is -0.337. The Kier molecular flexibility index (Phi) is 2.46. The van der Waals surface area contributed by atoms with Crippen molar-refractivity contribution < 1.29 is 14.3 Å².